The summed E-state index contributed by atoms with van der Waals surface area (Å²) in [6, 6.07) is 18.3. The third-order valence-corrected chi connectivity index (χ3v) is 3.50. The zero-order valence-corrected chi connectivity index (χ0v) is 12.4. The maximum Gasteiger partial charge on any atom is 0.271 e. The molecule has 5 nitrogen and oxygen atoms in total. The number of carbonyl (C=O) groups is 1. The molecular weight excluding hydrogens is 288 g/mol. The molecule has 1 heterocycles. The minimum absolute atomic E-state index is 0.0155. The van der Waals surface area contributed by atoms with E-state index in [4.69, 9.17) is 11.5 Å². The predicted octanol–water partition coefficient (Wildman–Crippen LogP) is 2.42. The number of carbonyl (C=O) groups excluding carboxylic acids is 1. The van der Waals surface area contributed by atoms with Crippen LogP contribution in [0.3, 0.4) is 0 Å². The molecule has 1 amide bonds. The Balaban J connectivity index is 1.89. The van der Waals surface area contributed by atoms with Crippen molar-refractivity contribution < 1.29 is 4.79 Å². The van der Waals surface area contributed by atoms with E-state index in [-0.39, 0.29) is 11.5 Å². The van der Waals surface area contributed by atoms with Crippen molar-refractivity contribution in [3.05, 3.63) is 77.7 Å². The highest BCUT2D eigenvalue weighted by Crippen LogP contribution is 2.21. The largest absolute Gasteiger partial charge is 0.382 e. The van der Waals surface area contributed by atoms with Crippen molar-refractivity contribution in [1.82, 2.24) is 9.97 Å². The van der Waals surface area contributed by atoms with Gasteiger partial charge in [0.2, 0.25) is 0 Å². The van der Waals surface area contributed by atoms with Crippen LogP contribution in [0.4, 0.5) is 5.82 Å². The van der Waals surface area contributed by atoms with E-state index in [0.29, 0.717) is 12.1 Å². The molecule has 0 saturated carbocycles. The van der Waals surface area contributed by atoms with Gasteiger partial charge in [-0.2, -0.15) is 0 Å². The Bertz CT molecular complexity index is 847. The average molecular weight is 304 g/mol. The van der Waals surface area contributed by atoms with Crippen LogP contribution in [-0.4, -0.2) is 15.9 Å². The zero-order chi connectivity index (χ0) is 16.2. The molecule has 0 atom stereocenters. The van der Waals surface area contributed by atoms with E-state index in [1.807, 2.05) is 30.3 Å². The van der Waals surface area contributed by atoms with Gasteiger partial charge in [0.1, 0.15) is 0 Å². The lowest BCUT2D eigenvalue weighted by Crippen LogP contribution is -2.17. The molecule has 0 bridgehead atoms. The SMILES string of the molecule is NC(=O)c1nc(Cc2cccc(-c3ccccc3)c2)cnc1N. The van der Waals surface area contributed by atoms with Crippen LogP contribution in [0.15, 0.2) is 60.8 Å². The quantitative estimate of drug-likeness (QED) is 0.773. The first kappa shape index (κ1) is 14.7. The molecule has 114 valence electrons. The number of anilines is 1. The second-order valence-electron chi connectivity index (χ2n) is 5.20. The van der Waals surface area contributed by atoms with Crippen molar-refractivity contribution in [1.29, 1.82) is 0 Å². The van der Waals surface area contributed by atoms with Gasteiger partial charge in [0.25, 0.3) is 5.91 Å². The van der Waals surface area contributed by atoms with E-state index in [2.05, 4.69) is 34.2 Å². The summed E-state index contributed by atoms with van der Waals surface area (Å²) in [4.78, 5) is 19.5. The maximum atomic E-state index is 11.3. The summed E-state index contributed by atoms with van der Waals surface area (Å²) in [5.74, 6) is -0.617. The first-order valence-corrected chi connectivity index (χ1v) is 7.19. The van der Waals surface area contributed by atoms with Crippen LogP contribution in [0.1, 0.15) is 21.7 Å². The number of hydrogen-bond donors (Lipinski definition) is 2. The normalized spacial score (nSPS) is 10.4. The van der Waals surface area contributed by atoms with Crippen LogP contribution in [0.5, 0.6) is 0 Å². The molecule has 0 radical (unpaired) electrons. The summed E-state index contributed by atoms with van der Waals surface area (Å²) in [6.45, 7) is 0. The Labute approximate surface area is 134 Å². The van der Waals surface area contributed by atoms with Gasteiger partial charge >= 0.3 is 0 Å². The molecule has 3 aromatic rings. The minimum atomic E-state index is -0.671. The molecule has 3 rings (SSSR count). The third-order valence-electron chi connectivity index (χ3n) is 3.50. The van der Waals surface area contributed by atoms with Gasteiger partial charge in [0, 0.05) is 6.42 Å². The number of amides is 1. The van der Waals surface area contributed by atoms with Gasteiger partial charge in [-0.1, -0.05) is 54.6 Å². The summed E-state index contributed by atoms with van der Waals surface area (Å²) in [7, 11) is 0. The smallest absolute Gasteiger partial charge is 0.271 e. The van der Waals surface area contributed by atoms with E-state index < -0.39 is 5.91 Å². The molecule has 0 saturated heterocycles. The number of benzene rings is 2. The van der Waals surface area contributed by atoms with Crippen molar-refractivity contribution in [2.45, 2.75) is 6.42 Å². The van der Waals surface area contributed by atoms with Gasteiger partial charge in [-0.3, -0.25) is 4.79 Å². The fraction of sp³-hybridized carbons (Fsp3) is 0.0556. The van der Waals surface area contributed by atoms with E-state index >= 15 is 0 Å². The number of nitrogen functional groups attached to an aromatic ring is 1. The highest BCUT2D eigenvalue weighted by molar-refractivity contribution is 5.94. The molecular formula is C18H16N4O. The molecule has 23 heavy (non-hydrogen) atoms. The van der Waals surface area contributed by atoms with E-state index in [1.54, 1.807) is 6.20 Å². The predicted molar refractivity (Wildman–Crippen MR) is 89.6 cm³/mol. The van der Waals surface area contributed by atoms with Crippen LogP contribution in [0.2, 0.25) is 0 Å². The fourth-order valence-electron chi connectivity index (χ4n) is 2.40. The summed E-state index contributed by atoms with van der Waals surface area (Å²) in [5.41, 5.74) is 14.9. The molecule has 1 aromatic heterocycles. The zero-order valence-electron chi connectivity index (χ0n) is 12.4. The molecule has 4 N–H and O–H groups in total. The van der Waals surface area contributed by atoms with Crippen molar-refractivity contribution in [3.8, 4) is 11.1 Å². The van der Waals surface area contributed by atoms with Crippen LogP contribution in [0, 0.1) is 0 Å². The molecule has 0 aliphatic carbocycles. The Morgan fingerprint density at radius 3 is 2.48 bits per heavy atom. The monoisotopic (exact) mass is 304 g/mol. The number of primary amides is 1. The van der Waals surface area contributed by atoms with Crippen LogP contribution >= 0.6 is 0 Å². The maximum absolute atomic E-state index is 11.3. The highest BCUT2D eigenvalue weighted by atomic mass is 16.1. The van der Waals surface area contributed by atoms with Gasteiger partial charge in [-0.05, 0) is 16.7 Å². The first-order valence-electron chi connectivity index (χ1n) is 7.19. The van der Waals surface area contributed by atoms with Crippen molar-refractivity contribution >= 4 is 11.7 Å². The average Bonchev–Trinajstić information content (AvgIpc) is 2.57. The van der Waals surface area contributed by atoms with Crippen LogP contribution in [0.25, 0.3) is 11.1 Å². The molecule has 2 aromatic carbocycles. The van der Waals surface area contributed by atoms with Crippen molar-refractivity contribution in [3.63, 3.8) is 0 Å². The first-order chi connectivity index (χ1) is 11.1. The topological polar surface area (TPSA) is 94.9 Å². The summed E-state index contributed by atoms with van der Waals surface area (Å²) < 4.78 is 0. The van der Waals surface area contributed by atoms with Gasteiger partial charge in [-0.15, -0.1) is 0 Å². The molecule has 0 spiro atoms. The van der Waals surface area contributed by atoms with Crippen molar-refractivity contribution in [2.24, 2.45) is 5.73 Å². The Kier molecular flexibility index (Phi) is 4.01. The Hall–Kier alpha value is -3.21. The lowest BCUT2D eigenvalue weighted by atomic mass is 10.0. The molecule has 5 heteroatoms. The van der Waals surface area contributed by atoms with Crippen molar-refractivity contribution in [2.75, 3.05) is 5.73 Å². The van der Waals surface area contributed by atoms with E-state index in [1.165, 1.54) is 0 Å². The number of hydrogen-bond acceptors (Lipinski definition) is 4. The summed E-state index contributed by atoms with van der Waals surface area (Å²) >= 11 is 0. The molecule has 0 unspecified atom stereocenters. The molecule has 0 fully saturated rings. The van der Waals surface area contributed by atoms with Gasteiger partial charge < -0.3 is 11.5 Å². The lowest BCUT2D eigenvalue weighted by Gasteiger charge is -2.07. The van der Waals surface area contributed by atoms with Crippen LogP contribution < -0.4 is 11.5 Å². The van der Waals surface area contributed by atoms with E-state index in [9.17, 15) is 4.79 Å². The Morgan fingerprint density at radius 2 is 1.74 bits per heavy atom. The second kappa shape index (κ2) is 6.27. The highest BCUT2D eigenvalue weighted by Gasteiger charge is 2.10. The number of nitrogens with zero attached hydrogens (tertiary/aromatic N) is 2. The van der Waals surface area contributed by atoms with Crippen LogP contribution in [-0.2, 0) is 6.42 Å². The second-order valence-corrected chi connectivity index (χ2v) is 5.20. The lowest BCUT2D eigenvalue weighted by molar-refractivity contribution is 0.0996. The Morgan fingerprint density at radius 1 is 1.00 bits per heavy atom. The standard InChI is InChI=1S/C18H16N4O/c19-17-16(18(20)23)22-15(11-21-17)10-12-5-4-8-14(9-12)13-6-2-1-3-7-13/h1-9,11H,10H2,(H2,19,21)(H2,20,23). The number of aromatic nitrogens is 2. The van der Waals surface area contributed by atoms with Gasteiger partial charge in [0.05, 0.1) is 11.9 Å². The number of rotatable bonds is 4. The molecule has 0 aliphatic rings. The third kappa shape index (κ3) is 3.35. The molecule has 0 aliphatic heterocycles. The minimum Gasteiger partial charge on any atom is -0.382 e. The number of nitrogens with two attached hydrogens (primary N) is 2. The fourth-order valence-corrected chi connectivity index (χ4v) is 2.40. The van der Waals surface area contributed by atoms with Gasteiger partial charge in [-0.25, -0.2) is 9.97 Å². The van der Waals surface area contributed by atoms with Gasteiger partial charge in [0.15, 0.2) is 11.5 Å². The van der Waals surface area contributed by atoms with E-state index in [0.717, 1.165) is 16.7 Å². The summed E-state index contributed by atoms with van der Waals surface area (Å²) in [6.07, 6.45) is 2.12. The summed E-state index contributed by atoms with van der Waals surface area (Å²) in [5, 5.41) is 0.